The molecule has 2 heterocycles. The van der Waals surface area contributed by atoms with Crippen molar-refractivity contribution in [2.45, 2.75) is 25.8 Å². The molecule has 90 valence electrons. The van der Waals surface area contributed by atoms with E-state index in [0.717, 1.165) is 18.5 Å². The number of aromatic nitrogens is 2. The predicted octanol–water partition coefficient (Wildman–Crippen LogP) is 2.17. The Morgan fingerprint density at radius 3 is 2.88 bits per heavy atom. The zero-order valence-electron chi connectivity index (χ0n) is 9.39. The quantitative estimate of drug-likeness (QED) is 0.758. The molecule has 1 amide bonds. The molecule has 2 fully saturated rings. The molecule has 1 aromatic rings. The van der Waals surface area contributed by atoms with E-state index in [1.165, 1.54) is 0 Å². The van der Waals surface area contributed by atoms with E-state index >= 15 is 0 Å². The van der Waals surface area contributed by atoms with E-state index in [9.17, 15) is 4.79 Å². The fourth-order valence-corrected chi connectivity index (χ4v) is 2.39. The average Bonchev–Trinajstić information content (AvgIpc) is 3.01. The number of nitrogens with zero attached hydrogens (tertiary/aromatic N) is 3. The van der Waals surface area contributed by atoms with Gasteiger partial charge in [-0.25, -0.2) is 14.8 Å². The van der Waals surface area contributed by atoms with Gasteiger partial charge in [-0.1, -0.05) is 0 Å². The molecular formula is C11H12ClN3O2. The highest BCUT2D eigenvalue weighted by Gasteiger charge is 2.44. The summed E-state index contributed by atoms with van der Waals surface area (Å²) in [6.45, 7) is 2.27. The van der Waals surface area contributed by atoms with Crippen LogP contribution in [0.25, 0.3) is 0 Å². The minimum Gasteiger partial charge on any atom is -0.447 e. The molecule has 0 N–H and O–H groups in total. The number of rotatable bonds is 2. The van der Waals surface area contributed by atoms with Gasteiger partial charge in [-0.3, -0.25) is 4.90 Å². The van der Waals surface area contributed by atoms with Crippen LogP contribution in [0, 0.1) is 12.8 Å². The van der Waals surface area contributed by atoms with E-state index in [2.05, 4.69) is 9.97 Å². The minimum atomic E-state index is -0.337. The van der Waals surface area contributed by atoms with Crippen LogP contribution in [-0.2, 0) is 4.74 Å². The van der Waals surface area contributed by atoms with Crippen LogP contribution in [0.15, 0.2) is 6.07 Å². The topological polar surface area (TPSA) is 55.3 Å². The average molecular weight is 254 g/mol. The minimum absolute atomic E-state index is 0.105. The van der Waals surface area contributed by atoms with Gasteiger partial charge in [-0.15, -0.1) is 0 Å². The first-order valence-electron chi connectivity index (χ1n) is 5.62. The van der Waals surface area contributed by atoms with E-state index in [1.54, 1.807) is 11.0 Å². The normalized spacial score (nSPS) is 24.0. The first-order chi connectivity index (χ1) is 8.15. The molecule has 1 aliphatic heterocycles. The van der Waals surface area contributed by atoms with Crippen molar-refractivity contribution in [3.8, 4) is 0 Å². The molecule has 0 spiro atoms. The zero-order chi connectivity index (χ0) is 12.0. The first kappa shape index (κ1) is 10.8. The smallest absolute Gasteiger partial charge is 0.415 e. The lowest BCUT2D eigenvalue weighted by Gasteiger charge is -2.20. The van der Waals surface area contributed by atoms with Crippen LogP contribution in [0.1, 0.15) is 18.5 Å². The standard InChI is InChI=1S/C11H12ClN3O2/c1-6-4-9(14-10(12)13-6)15-8(7-2-3-7)5-17-11(15)16/h4,7-8H,2-3,5H2,1H3/t8-/m1/s1. The Labute approximate surface area is 104 Å². The van der Waals surface area contributed by atoms with Gasteiger partial charge in [-0.05, 0) is 37.3 Å². The number of hydrogen-bond donors (Lipinski definition) is 0. The summed E-state index contributed by atoms with van der Waals surface area (Å²) in [6.07, 6.45) is 1.96. The van der Waals surface area contributed by atoms with Crippen molar-refractivity contribution in [2.75, 3.05) is 11.5 Å². The highest BCUT2D eigenvalue weighted by molar-refractivity contribution is 6.28. The number of amides is 1. The number of carbonyl (C=O) groups is 1. The van der Waals surface area contributed by atoms with Crippen LogP contribution in [0.5, 0.6) is 0 Å². The summed E-state index contributed by atoms with van der Waals surface area (Å²) in [4.78, 5) is 21.4. The summed E-state index contributed by atoms with van der Waals surface area (Å²) in [5.74, 6) is 1.08. The van der Waals surface area contributed by atoms with Gasteiger partial charge in [0.2, 0.25) is 5.28 Å². The van der Waals surface area contributed by atoms with Crippen molar-refractivity contribution in [3.05, 3.63) is 17.0 Å². The third-order valence-corrected chi connectivity index (χ3v) is 3.30. The molecule has 0 unspecified atom stereocenters. The molecule has 2 aliphatic rings. The fourth-order valence-electron chi connectivity index (χ4n) is 2.17. The van der Waals surface area contributed by atoms with Crippen LogP contribution in [0.4, 0.5) is 10.6 Å². The largest absolute Gasteiger partial charge is 0.447 e. The predicted molar refractivity (Wildman–Crippen MR) is 62.1 cm³/mol. The van der Waals surface area contributed by atoms with Crippen molar-refractivity contribution in [2.24, 2.45) is 5.92 Å². The summed E-state index contributed by atoms with van der Waals surface area (Å²) in [7, 11) is 0. The molecule has 3 rings (SSSR count). The lowest BCUT2D eigenvalue weighted by atomic mass is 10.2. The Balaban J connectivity index is 1.97. The van der Waals surface area contributed by atoms with Gasteiger partial charge in [0.25, 0.3) is 0 Å². The number of halogens is 1. The fraction of sp³-hybridized carbons (Fsp3) is 0.545. The number of hydrogen-bond acceptors (Lipinski definition) is 4. The number of aryl methyl sites for hydroxylation is 1. The van der Waals surface area contributed by atoms with Gasteiger partial charge < -0.3 is 4.74 Å². The molecule has 0 radical (unpaired) electrons. The Morgan fingerprint density at radius 1 is 1.47 bits per heavy atom. The Kier molecular flexibility index (Phi) is 2.43. The van der Waals surface area contributed by atoms with Crippen LogP contribution in [0.3, 0.4) is 0 Å². The molecule has 1 aliphatic carbocycles. The Morgan fingerprint density at radius 2 is 2.24 bits per heavy atom. The molecular weight excluding hydrogens is 242 g/mol. The SMILES string of the molecule is Cc1cc(N2C(=O)OC[C@@H]2C2CC2)nc(Cl)n1. The highest BCUT2D eigenvalue weighted by Crippen LogP contribution is 2.39. The summed E-state index contributed by atoms with van der Waals surface area (Å²) in [6, 6.07) is 1.86. The van der Waals surface area contributed by atoms with Crippen molar-refractivity contribution in [1.82, 2.24) is 9.97 Å². The molecule has 1 saturated heterocycles. The number of ether oxygens (including phenoxy) is 1. The van der Waals surface area contributed by atoms with Crippen molar-refractivity contribution in [3.63, 3.8) is 0 Å². The first-order valence-corrected chi connectivity index (χ1v) is 6.00. The lowest BCUT2D eigenvalue weighted by Crippen LogP contribution is -2.35. The maximum absolute atomic E-state index is 11.7. The highest BCUT2D eigenvalue weighted by atomic mass is 35.5. The number of carbonyl (C=O) groups excluding carboxylic acids is 1. The number of cyclic esters (lactones) is 1. The maximum atomic E-state index is 11.7. The third kappa shape index (κ3) is 1.95. The molecule has 1 atom stereocenters. The Bertz CT molecular complexity index is 456. The molecule has 0 bridgehead atoms. The lowest BCUT2D eigenvalue weighted by molar-refractivity contribution is 0.178. The maximum Gasteiger partial charge on any atom is 0.415 e. The third-order valence-electron chi connectivity index (χ3n) is 3.13. The number of anilines is 1. The molecule has 17 heavy (non-hydrogen) atoms. The van der Waals surface area contributed by atoms with Crippen LogP contribution in [-0.4, -0.2) is 28.7 Å². The molecule has 1 saturated carbocycles. The van der Waals surface area contributed by atoms with Crippen LogP contribution in [0.2, 0.25) is 5.28 Å². The van der Waals surface area contributed by atoms with Crippen LogP contribution >= 0.6 is 11.6 Å². The molecule has 0 aromatic carbocycles. The van der Waals surface area contributed by atoms with Gasteiger partial charge >= 0.3 is 6.09 Å². The van der Waals surface area contributed by atoms with E-state index in [4.69, 9.17) is 16.3 Å². The van der Waals surface area contributed by atoms with Crippen molar-refractivity contribution in [1.29, 1.82) is 0 Å². The second-order valence-electron chi connectivity index (χ2n) is 4.49. The zero-order valence-corrected chi connectivity index (χ0v) is 10.1. The van der Waals surface area contributed by atoms with Gasteiger partial charge in [0.15, 0.2) is 0 Å². The van der Waals surface area contributed by atoms with Crippen LogP contribution < -0.4 is 4.90 Å². The van der Waals surface area contributed by atoms with E-state index in [-0.39, 0.29) is 17.4 Å². The van der Waals surface area contributed by atoms with E-state index in [0.29, 0.717) is 18.3 Å². The summed E-state index contributed by atoms with van der Waals surface area (Å²) < 4.78 is 5.10. The summed E-state index contributed by atoms with van der Waals surface area (Å²) in [5.41, 5.74) is 0.745. The van der Waals surface area contributed by atoms with Gasteiger partial charge in [0.05, 0.1) is 6.04 Å². The molecule has 6 heteroatoms. The van der Waals surface area contributed by atoms with Gasteiger partial charge in [-0.2, -0.15) is 0 Å². The van der Waals surface area contributed by atoms with Gasteiger partial charge in [0, 0.05) is 11.8 Å². The summed E-state index contributed by atoms with van der Waals surface area (Å²) in [5, 5.41) is 0.161. The molecule has 1 aromatic heterocycles. The van der Waals surface area contributed by atoms with Crippen molar-refractivity contribution >= 4 is 23.5 Å². The monoisotopic (exact) mass is 253 g/mol. The van der Waals surface area contributed by atoms with E-state index < -0.39 is 0 Å². The second-order valence-corrected chi connectivity index (χ2v) is 4.83. The van der Waals surface area contributed by atoms with Gasteiger partial charge in [0.1, 0.15) is 12.4 Å². The van der Waals surface area contributed by atoms with Crippen molar-refractivity contribution < 1.29 is 9.53 Å². The molecule has 5 nitrogen and oxygen atoms in total. The summed E-state index contributed by atoms with van der Waals surface area (Å²) >= 11 is 5.82. The second kappa shape index (κ2) is 3.84. The Hall–Kier alpha value is -1.36. The van der Waals surface area contributed by atoms with E-state index in [1.807, 2.05) is 6.92 Å².